The minimum absolute atomic E-state index is 0.0727. The lowest BCUT2D eigenvalue weighted by atomic mass is 9.85. The van der Waals surface area contributed by atoms with Crippen LogP contribution in [0.3, 0.4) is 0 Å². The molecule has 1 aliphatic rings. The van der Waals surface area contributed by atoms with Gasteiger partial charge in [0.2, 0.25) is 0 Å². The number of benzene rings is 1. The fraction of sp³-hybridized carbons (Fsp3) is 0.625. The van der Waals surface area contributed by atoms with Gasteiger partial charge in [-0.25, -0.2) is 0 Å². The van der Waals surface area contributed by atoms with Crippen molar-refractivity contribution in [1.29, 1.82) is 0 Å². The molecule has 1 aromatic rings. The van der Waals surface area contributed by atoms with Crippen LogP contribution in [0, 0.1) is 0 Å². The Hall–Kier alpha value is -1.00. The molecule has 0 spiro atoms. The molecule has 0 bridgehead atoms. The van der Waals surface area contributed by atoms with Crippen molar-refractivity contribution in [2.24, 2.45) is 0 Å². The second-order valence-corrected chi connectivity index (χ2v) is 6.53. The summed E-state index contributed by atoms with van der Waals surface area (Å²) in [6, 6.07) is 5.86. The molecule has 1 saturated heterocycles. The van der Waals surface area contributed by atoms with Crippen LogP contribution in [0.15, 0.2) is 24.3 Å². The summed E-state index contributed by atoms with van der Waals surface area (Å²) in [4.78, 5) is 1.69. The molecule has 1 aliphatic heterocycles. The van der Waals surface area contributed by atoms with E-state index in [4.69, 9.17) is 4.74 Å². The fourth-order valence-electron chi connectivity index (χ4n) is 2.45. The van der Waals surface area contributed by atoms with Crippen LogP contribution in [0.2, 0.25) is 0 Å². The van der Waals surface area contributed by atoms with Crippen molar-refractivity contribution in [3.8, 4) is 0 Å². The van der Waals surface area contributed by atoms with Gasteiger partial charge in [-0.2, -0.15) is 8.78 Å². The van der Waals surface area contributed by atoms with Crippen molar-refractivity contribution in [1.82, 2.24) is 4.90 Å². The number of rotatable bonds is 2. The van der Waals surface area contributed by atoms with Gasteiger partial charge in [-0.3, -0.25) is 4.90 Å². The third-order valence-corrected chi connectivity index (χ3v) is 3.93. The maximum atomic E-state index is 14.7. The third kappa shape index (κ3) is 3.01. The quantitative estimate of drug-likeness (QED) is 0.825. The summed E-state index contributed by atoms with van der Waals surface area (Å²) >= 11 is 0. The van der Waals surface area contributed by atoms with E-state index < -0.39 is 12.0 Å². The van der Waals surface area contributed by atoms with Crippen LogP contribution in [0.1, 0.15) is 31.9 Å². The van der Waals surface area contributed by atoms with Gasteiger partial charge in [0.1, 0.15) is 6.04 Å². The van der Waals surface area contributed by atoms with Crippen LogP contribution >= 0.6 is 0 Å². The second kappa shape index (κ2) is 5.41. The van der Waals surface area contributed by atoms with Gasteiger partial charge in [0, 0.05) is 12.1 Å². The molecule has 4 heteroatoms. The van der Waals surface area contributed by atoms with Crippen LogP contribution < -0.4 is 0 Å². The molecule has 2 rings (SSSR count). The first-order valence-corrected chi connectivity index (χ1v) is 7.00. The van der Waals surface area contributed by atoms with Crippen LogP contribution in [0.25, 0.3) is 0 Å². The van der Waals surface area contributed by atoms with Crippen molar-refractivity contribution in [3.63, 3.8) is 0 Å². The monoisotopic (exact) mass is 283 g/mol. The van der Waals surface area contributed by atoms with Crippen molar-refractivity contribution in [2.75, 3.05) is 26.8 Å². The molecule has 2 nitrogen and oxygen atoms in total. The molecule has 0 aliphatic carbocycles. The predicted molar refractivity (Wildman–Crippen MR) is 76.3 cm³/mol. The summed E-state index contributed by atoms with van der Waals surface area (Å²) in [5.41, 5.74) is 0.863. The molecule has 1 aromatic carbocycles. The number of hydrogen-bond donors (Lipinski definition) is 0. The summed E-state index contributed by atoms with van der Waals surface area (Å²) in [6.45, 7) is 7.22. The number of ether oxygens (including phenoxy) is 1. The van der Waals surface area contributed by atoms with Crippen LogP contribution in [-0.2, 0) is 16.1 Å². The third-order valence-electron chi connectivity index (χ3n) is 3.93. The van der Waals surface area contributed by atoms with E-state index >= 15 is 0 Å². The summed E-state index contributed by atoms with van der Waals surface area (Å²) < 4.78 is 34.7. The van der Waals surface area contributed by atoms with Crippen molar-refractivity contribution < 1.29 is 13.5 Å². The topological polar surface area (TPSA) is 12.5 Å². The second-order valence-electron chi connectivity index (χ2n) is 6.53. The SMILES string of the molecule is CN1CCOCC1C(F)(F)c1cccc(C(C)(C)C)c1. The van der Waals surface area contributed by atoms with E-state index in [1.165, 1.54) is 6.07 Å². The largest absolute Gasteiger partial charge is 0.378 e. The molecular weight excluding hydrogens is 260 g/mol. The molecule has 1 unspecified atom stereocenters. The highest BCUT2D eigenvalue weighted by Crippen LogP contribution is 2.37. The number of likely N-dealkylation sites (N-methyl/N-ethyl adjacent to an activating group) is 1. The highest BCUT2D eigenvalue weighted by molar-refractivity contribution is 5.32. The Balaban J connectivity index is 2.33. The van der Waals surface area contributed by atoms with E-state index in [1.807, 2.05) is 26.8 Å². The van der Waals surface area contributed by atoms with Crippen molar-refractivity contribution in [2.45, 2.75) is 38.2 Å². The van der Waals surface area contributed by atoms with Gasteiger partial charge >= 0.3 is 0 Å². The van der Waals surface area contributed by atoms with Gasteiger partial charge in [-0.15, -0.1) is 0 Å². The molecule has 0 N–H and O–H groups in total. The van der Waals surface area contributed by atoms with Gasteiger partial charge in [-0.05, 0) is 24.1 Å². The smallest absolute Gasteiger partial charge is 0.290 e. The Morgan fingerprint density at radius 3 is 2.45 bits per heavy atom. The number of morpholine rings is 1. The molecule has 0 amide bonds. The number of nitrogens with zero attached hydrogens (tertiary/aromatic N) is 1. The molecule has 0 saturated carbocycles. The zero-order valence-electron chi connectivity index (χ0n) is 12.6. The lowest BCUT2D eigenvalue weighted by Gasteiger charge is -2.38. The number of hydrogen-bond acceptors (Lipinski definition) is 2. The normalized spacial score (nSPS) is 22.0. The maximum absolute atomic E-state index is 14.7. The van der Waals surface area contributed by atoms with Crippen LogP contribution in [-0.4, -0.2) is 37.7 Å². The Labute approximate surface area is 119 Å². The van der Waals surface area contributed by atoms with Crippen molar-refractivity contribution in [3.05, 3.63) is 35.4 Å². The molecule has 20 heavy (non-hydrogen) atoms. The standard InChI is InChI=1S/C16H23F2NO/c1-15(2,3)12-6-5-7-13(10-12)16(17,18)14-11-20-9-8-19(14)4/h5-7,10,14H,8-9,11H2,1-4H3. The van der Waals surface area contributed by atoms with Crippen LogP contribution in [0.4, 0.5) is 8.78 Å². The molecule has 0 aromatic heterocycles. The fourth-order valence-corrected chi connectivity index (χ4v) is 2.45. The molecule has 1 heterocycles. The average Bonchev–Trinajstić information content (AvgIpc) is 2.38. The Bertz CT molecular complexity index is 468. The Kier molecular flexibility index (Phi) is 4.17. The summed E-state index contributed by atoms with van der Waals surface area (Å²) in [6.07, 6.45) is 0. The van der Waals surface area contributed by atoms with Gasteiger partial charge in [0.15, 0.2) is 0 Å². The van der Waals surface area contributed by atoms with E-state index in [1.54, 1.807) is 24.1 Å². The van der Waals surface area contributed by atoms with E-state index in [-0.39, 0.29) is 17.6 Å². The van der Waals surface area contributed by atoms with Gasteiger partial charge in [0.25, 0.3) is 5.92 Å². The van der Waals surface area contributed by atoms with Gasteiger partial charge in [-0.1, -0.05) is 39.0 Å². The minimum Gasteiger partial charge on any atom is -0.378 e. The lowest BCUT2D eigenvalue weighted by Crippen LogP contribution is -2.51. The first-order valence-electron chi connectivity index (χ1n) is 7.00. The van der Waals surface area contributed by atoms with Gasteiger partial charge in [0.05, 0.1) is 13.2 Å². The number of halogens is 2. The van der Waals surface area contributed by atoms with E-state index in [0.717, 1.165) is 5.56 Å². The Morgan fingerprint density at radius 2 is 1.85 bits per heavy atom. The predicted octanol–water partition coefficient (Wildman–Crippen LogP) is 3.41. The minimum atomic E-state index is -2.91. The average molecular weight is 283 g/mol. The van der Waals surface area contributed by atoms with Crippen LogP contribution in [0.5, 0.6) is 0 Å². The Morgan fingerprint density at radius 1 is 1.20 bits per heavy atom. The summed E-state index contributed by atoms with van der Waals surface area (Å²) in [5, 5.41) is 0. The first-order chi connectivity index (χ1) is 9.23. The molecular formula is C16H23F2NO. The lowest BCUT2D eigenvalue weighted by molar-refractivity contribution is -0.134. The highest BCUT2D eigenvalue weighted by Gasteiger charge is 2.45. The molecule has 1 fully saturated rings. The van der Waals surface area contributed by atoms with Crippen molar-refractivity contribution >= 4 is 0 Å². The van der Waals surface area contributed by atoms with Gasteiger partial charge < -0.3 is 4.74 Å². The van der Waals surface area contributed by atoms with E-state index in [0.29, 0.717) is 13.2 Å². The summed E-state index contributed by atoms with van der Waals surface area (Å²) in [5.74, 6) is -2.91. The number of alkyl halides is 2. The molecule has 0 radical (unpaired) electrons. The van der Waals surface area contributed by atoms with E-state index in [9.17, 15) is 8.78 Å². The highest BCUT2D eigenvalue weighted by atomic mass is 19.3. The zero-order chi connectivity index (χ0) is 15.0. The first kappa shape index (κ1) is 15.4. The molecule has 1 atom stereocenters. The molecule has 112 valence electrons. The maximum Gasteiger partial charge on any atom is 0.290 e. The summed E-state index contributed by atoms with van der Waals surface area (Å²) in [7, 11) is 1.73. The zero-order valence-corrected chi connectivity index (χ0v) is 12.6. The van der Waals surface area contributed by atoms with E-state index in [2.05, 4.69) is 0 Å².